The summed E-state index contributed by atoms with van der Waals surface area (Å²) < 4.78 is 7.48. The van der Waals surface area contributed by atoms with Gasteiger partial charge in [-0.05, 0) is 61.7 Å². The van der Waals surface area contributed by atoms with Crippen LogP contribution in [0.4, 0.5) is 0 Å². The third-order valence-corrected chi connectivity index (χ3v) is 6.38. The van der Waals surface area contributed by atoms with Crippen molar-refractivity contribution in [2.24, 2.45) is 0 Å². The summed E-state index contributed by atoms with van der Waals surface area (Å²) in [5.41, 5.74) is 2.16. The Kier molecular flexibility index (Phi) is 7.86. The Morgan fingerprint density at radius 2 is 1.88 bits per heavy atom. The number of benzene rings is 2. The van der Waals surface area contributed by atoms with Gasteiger partial charge in [0.05, 0.1) is 18.6 Å². The molecule has 0 saturated heterocycles. The Bertz CT molecular complexity index is 1160. The smallest absolute Gasteiger partial charge is 0.230 e. The van der Waals surface area contributed by atoms with Gasteiger partial charge in [0.15, 0.2) is 11.0 Å². The van der Waals surface area contributed by atoms with Crippen LogP contribution < -0.4 is 5.32 Å². The average molecular weight is 481 g/mol. The molecule has 8 heteroatoms. The van der Waals surface area contributed by atoms with Crippen LogP contribution in [-0.2, 0) is 17.8 Å². The molecule has 0 bridgehead atoms. The fraction of sp³-hybridized carbons (Fsp3) is 0.240. The number of thioether (sulfide) groups is 1. The Morgan fingerprint density at radius 3 is 2.61 bits per heavy atom. The summed E-state index contributed by atoms with van der Waals surface area (Å²) in [4.78, 5) is 12.6. The molecule has 0 aliphatic rings. The highest BCUT2D eigenvalue weighted by atomic mass is 35.5. The first-order valence-electron chi connectivity index (χ1n) is 10.8. The molecule has 4 aromatic rings. The van der Waals surface area contributed by atoms with E-state index >= 15 is 0 Å². The van der Waals surface area contributed by atoms with Gasteiger partial charge in [-0.25, -0.2) is 0 Å². The quantitative estimate of drug-likeness (QED) is 0.305. The van der Waals surface area contributed by atoms with Crippen LogP contribution in [0.25, 0.3) is 11.4 Å². The van der Waals surface area contributed by atoms with E-state index in [1.54, 1.807) is 6.26 Å². The van der Waals surface area contributed by atoms with Crippen molar-refractivity contribution in [2.75, 3.05) is 5.75 Å². The maximum Gasteiger partial charge on any atom is 0.230 e. The van der Waals surface area contributed by atoms with Crippen molar-refractivity contribution in [3.05, 3.63) is 89.3 Å². The lowest BCUT2D eigenvalue weighted by atomic mass is 10.1. The van der Waals surface area contributed by atoms with Gasteiger partial charge >= 0.3 is 0 Å². The van der Waals surface area contributed by atoms with Crippen molar-refractivity contribution in [1.82, 2.24) is 20.1 Å². The summed E-state index contributed by atoms with van der Waals surface area (Å²) in [6, 6.07) is 21.6. The minimum absolute atomic E-state index is 0.0267. The fourth-order valence-electron chi connectivity index (χ4n) is 3.46. The highest BCUT2D eigenvalue weighted by Crippen LogP contribution is 2.26. The summed E-state index contributed by atoms with van der Waals surface area (Å²) in [6.07, 6.45) is 3.45. The van der Waals surface area contributed by atoms with E-state index in [4.69, 9.17) is 16.0 Å². The Morgan fingerprint density at radius 1 is 1.09 bits per heavy atom. The van der Waals surface area contributed by atoms with Crippen LogP contribution >= 0.6 is 23.4 Å². The van der Waals surface area contributed by atoms with E-state index in [-0.39, 0.29) is 17.7 Å². The first-order chi connectivity index (χ1) is 16.1. The summed E-state index contributed by atoms with van der Waals surface area (Å²) >= 11 is 7.40. The molecule has 1 atom stereocenters. The van der Waals surface area contributed by atoms with Crippen LogP contribution in [0.2, 0.25) is 5.02 Å². The molecule has 4 rings (SSSR count). The molecule has 2 heterocycles. The monoisotopic (exact) mass is 480 g/mol. The molecule has 1 unspecified atom stereocenters. The number of halogens is 1. The molecule has 170 valence electrons. The first-order valence-corrected chi connectivity index (χ1v) is 12.1. The van der Waals surface area contributed by atoms with E-state index in [0.29, 0.717) is 22.5 Å². The molecule has 0 spiro atoms. The van der Waals surface area contributed by atoms with Gasteiger partial charge < -0.3 is 9.73 Å². The summed E-state index contributed by atoms with van der Waals surface area (Å²) in [7, 11) is 0. The van der Waals surface area contributed by atoms with Crippen molar-refractivity contribution in [2.45, 2.75) is 37.5 Å². The minimum atomic E-state index is -0.0267. The maximum absolute atomic E-state index is 12.6. The second-order valence-electron chi connectivity index (χ2n) is 7.76. The standard InChI is InChI=1S/C25H25ClN4O2S/c1-18(9-10-19-6-3-2-4-7-19)27-23(31)17-33-25-29-28-24(20-11-13-21(26)14-12-20)30(25)16-22-8-5-15-32-22/h2-8,11-15,18H,9-10,16-17H2,1H3,(H,27,31). The number of hydrogen-bond acceptors (Lipinski definition) is 5. The van der Waals surface area contributed by atoms with Crippen LogP contribution in [0.5, 0.6) is 0 Å². The lowest BCUT2D eigenvalue weighted by Crippen LogP contribution is -2.34. The largest absolute Gasteiger partial charge is 0.467 e. The molecule has 33 heavy (non-hydrogen) atoms. The molecule has 2 aromatic heterocycles. The number of amides is 1. The third-order valence-electron chi connectivity index (χ3n) is 5.16. The molecule has 1 N–H and O–H groups in total. The zero-order valence-corrected chi connectivity index (χ0v) is 19.9. The Labute approximate surface area is 202 Å². The van der Waals surface area contributed by atoms with E-state index in [1.165, 1.54) is 17.3 Å². The van der Waals surface area contributed by atoms with E-state index in [1.807, 2.05) is 66.1 Å². The van der Waals surface area contributed by atoms with Crippen molar-refractivity contribution in [1.29, 1.82) is 0 Å². The number of aromatic nitrogens is 3. The van der Waals surface area contributed by atoms with Gasteiger partial charge in [0.25, 0.3) is 0 Å². The lowest BCUT2D eigenvalue weighted by molar-refractivity contribution is -0.119. The topological polar surface area (TPSA) is 73.0 Å². The minimum Gasteiger partial charge on any atom is -0.467 e. The van der Waals surface area contributed by atoms with Gasteiger partial charge in [-0.1, -0.05) is 53.7 Å². The van der Waals surface area contributed by atoms with Crippen LogP contribution in [0.3, 0.4) is 0 Å². The van der Waals surface area contributed by atoms with Gasteiger partial charge in [-0.2, -0.15) is 0 Å². The predicted molar refractivity (Wildman–Crippen MR) is 131 cm³/mol. The van der Waals surface area contributed by atoms with Gasteiger partial charge in [-0.15, -0.1) is 10.2 Å². The molecular formula is C25H25ClN4O2S. The van der Waals surface area contributed by atoms with Crippen molar-refractivity contribution >= 4 is 29.3 Å². The maximum atomic E-state index is 12.6. The van der Waals surface area contributed by atoms with Gasteiger partial charge in [0.1, 0.15) is 5.76 Å². The van der Waals surface area contributed by atoms with Crippen molar-refractivity contribution < 1.29 is 9.21 Å². The fourth-order valence-corrected chi connectivity index (χ4v) is 4.33. The number of nitrogens with one attached hydrogen (secondary N) is 1. The van der Waals surface area contributed by atoms with Gasteiger partial charge in [-0.3, -0.25) is 9.36 Å². The molecule has 0 saturated carbocycles. The van der Waals surface area contributed by atoms with E-state index < -0.39 is 0 Å². The molecule has 1 amide bonds. The third kappa shape index (κ3) is 6.49. The second-order valence-corrected chi connectivity index (χ2v) is 9.14. The number of aryl methyl sites for hydroxylation is 1. The molecule has 6 nitrogen and oxygen atoms in total. The number of rotatable bonds is 10. The normalized spacial score (nSPS) is 11.9. The zero-order chi connectivity index (χ0) is 23.0. The highest BCUT2D eigenvalue weighted by molar-refractivity contribution is 7.99. The van der Waals surface area contributed by atoms with Crippen molar-refractivity contribution in [3.63, 3.8) is 0 Å². The first kappa shape index (κ1) is 23.1. The van der Waals surface area contributed by atoms with Crippen LogP contribution in [-0.4, -0.2) is 32.5 Å². The van der Waals surface area contributed by atoms with Gasteiger partial charge in [0.2, 0.25) is 5.91 Å². The van der Waals surface area contributed by atoms with Crippen LogP contribution in [0.1, 0.15) is 24.7 Å². The van der Waals surface area contributed by atoms with Crippen LogP contribution in [0, 0.1) is 0 Å². The summed E-state index contributed by atoms with van der Waals surface area (Å²) in [5.74, 6) is 1.71. The molecule has 2 aromatic carbocycles. The van der Waals surface area contributed by atoms with Gasteiger partial charge in [0, 0.05) is 16.6 Å². The Hall–Kier alpha value is -3.03. The number of carbonyl (C=O) groups excluding carboxylic acids is 1. The van der Waals surface area contributed by atoms with E-state index in [2.05, 4.69) is 27.6 Å². The predicted octanol–water partition coefficient (Wildman–Crippen LogP) is 5.47. The zero-order valence-electron chi connectivity index (χ0n) is 18.3. The summed E-state index contributed by atoms with van der Waals surface area (Å²) in [6.45, 7) is 2.50. The molecule has 0 aliphatic carbocycles. The lowest BCUT2D eigenvalue weighted by Gasteiger charge is -2.14. The highest BCUT2D eigenvalue weighted by Gasteiger charge is 2.17. The Balaban J connectivity index is 1.39. The number of furan rings is 1. The SMILES string of the molecule is CC(CCc1ccccc1)NC(=O)CSc1nnc(-c2ccc(Cl)cc2)n1Cc1ccco1. The van der Waals surface area contributed by atoms with E-state index in [0.717, 1.165) is 24.2 Å². The van der Waals surface area contributed by atoms with E-state index in [9.17, 15) is 4.79 Å². The van der Waals surface area contributed by atoms with Crippen LogP contribution in [0.15, 0.2) is 82.6 Å². The number of nitrogens with zero attached hydrogens (tertiary/aromatic N) is 3. The number of carbonyl (C=O) groups is 1. The average Bonchev–Trinajstić information content (AvgIpc) is 3.48. The van der Waals surface area contributed by atoms with Crippen molar-refractivity contribution in [3.8, 4) is 11.4 Å². The molecular weight excluding hydrogens is 456 g/mol. The summed E-state index contributed by atoms with van der Waals surface area (Å²) in [5, 5.41) is 13.1. The molecule has 0 radical (unpaired) electrons. The second kappa shape index (κ2) is 11.2. The molecule has 0 aliphatic heterocycles. The number of hydrogen-bond donors (Lipinski definition) is 1. The molecule has 0 fully saturated rings.